The molecule has 4 N–H and O–H groups in total. The molecule has 0 aromatic heterocycles. The van der Waals surface area contributed by atoms with Crippen molar-refractivity contribution in [3.63, 3.8) is 0 Å². The van der Waals surface area contributed by atoms with Gasteiger partial charge in [-0.3, -0.25) is 4.79 Å². The van der Waals surface area contributed by atoms with Crippen LogP contribution in [0.15, 0.2) is 27.8 Å². The molecule has 1 amide bonds. The van der Waals surface area contributed by atoms with Gasteiger partial charge in [-0.25, -0.2) is 0 Å². The van der Waals surface area contributed by atoms with Crippen molar-refractivity contribution in [1.82, 2.24) is 0 Å². The first-order valence-corrected chi connectivity index (χ1v) is 7.56. The Hall–Kier alpha value is -1.60. The highest BCUT2D eigenvalue weighted by Crippen LogP contribution is 2.27. The maximum Gasteiger partial charge on any atom is 0.230 e. The standard InChI is InChI=1S/C14H18BrN3O3/c1-2-12-9(5-6-21-12)14(19)17-11-4-3-8(15)7-10(11)13(16)18-20/h3-4,7,9,12,20H,2,5-6H2,1H3,(H2,16,18)(H,17,19). The number of carbonyl (C=O) groups excluding carboxylic acids is 1. The van der Waals surface area contributed by atoms with Gasteiger partial charge in [0.1, 0.15) is 0 Å². The lowest BCUT2D eigenvalue weighted by Gasteiger charge is -2.18. The number of halogens is 1. The third kappa shape index (κ3) is 3.54. The minimum atomic E-state index is -0.168. The van der Waals surface area contributed by atoms with Gasteiger partial charge in [-0.1, -0.05) is 28.0 Å². The van der Waals surface area contributed by atoms with Gasteiger partial charge >= 0.3 is 0 Å². The highest BCUT2D eigenvalue weighted by atomic mass is 79.9. The van der Waals surface area contributed by atoms with E-state index in [0.29, 0.717) is 24.3 Å². The normalized spacial score (nSPS) is 22.3. The van der Waals surface area contributed by atoms with E-state index >= 15 is 0 Å². The Morgan fingerprint density at radius 3 is 3.05 bits per heavy atom. The Morgan fingerprint density at radius 1 is 1.62 bits per heavy atom. The number of carbonyl (C=O) groups is 1. The van der Waals surface area contributed by atoms with Gasteiger partial charge in [0, 0.05) is 16.6 Å². The molecule has 1 aromatic rings. The van der Waals surface area contributed by atoms with Crippen molar-refractivity contribution in [3.05, 3.63) is 28.2 Å². The third-order valence-electron chi connectivity index (χ3n) is 3.57. The van der Waals surface area contributed by atoms with E-state index < -0.39 is 0 Å². The molecule has 0 bridgehead atoms. The van der Waals surface area contributed by atoms with Crippen LogP contribution >= 0.6 is 15.9 Å². The molecule has 1 saturated heterocycles. The van der Waals surface area contributed by atoms with Crippen molar-refractivity contribution in [3.8, 4) is 0 Å². The molecule has 1 aliphatic heterocycles. The zero-order valence-corrected chi connectivity index (χ0v) is 13.3. The number of hydrogen-bond acceptors (Lipinski definition) is 4. The monoisotopic (exact) mass is 355 g/mol. The summed E-state index contributed by atoms with van der Waals surface area (Å²) in [7, 11) is 0. The van der Waals surface area contributed by atoms with E-state index in [0.717, 1.165) is 10.9 Å². The van der Waals surface area contributed by atoms with E-state index in [2.05, 4.69) is 26.4 Å². The lowest BCUT2D eigenvalue weighted by Crippen LogP contribution is -2.30. The topological polar surface area (TPSA) is 96.9 Å². The summed E-state index contributed by atoms with van der Waals surface area (Å²) in [5.41, 5.74) is 6.63. The number of nitrogens with two attached hydrogens (primary N) is 1. The molecule has 2 unspecified atom stereocenters. The average Bonchev–Trinajstić information content (AvgIpc) is 2.96. The summed E-state index contributed by atoms with van der Waals surface area (Å²) in [6.45, 7) is 2.60. The summed E-state index contributed by atoms with van der Waals surface area (Å²) in [6, 6.07) is 5.19. The number of amidine groups is 1. The maximum absolute atomic E-state index is 12.4. The summed E-state index contributed by atoms with van der Waals surface area (Å²) < 4.78 is 6.31. The van der Waals surface area contributed by atoms with Crippen molar-refractivity contribution in [1.29, 1.82) is 0 Å². The van der Waals surface area contributed by atoms with Gasteiger partial charge in [0.15, 0.2) is 5.84 Å². The lowest BCUT2D eigenvalue weighted by atomic mass is 9.98. The molecule has 1 fully saturated rings. The molecule has 1 aliphatic rings. The number of amides is 1. The number of oxime groups is 1. The van der Waals surface area contributed by atoms with Gasteiger partial charge in [0.05, 0.1) is 17.7 Å². The van der Waals surface area contributed by atoms with Gasteiger partial charge in [-0.05, 0) is 31.0 Å². The van der Waals surface area contributed by atoms with E-state index in [1.807, 2.05) is 6.92 Å². The quantitative estimate of drug-likeness (QED) is 0.334. The van der Waals surface area contributed by atoms with Crippen LogP contribution in [0.4, 0.5) is 5.69 Å². The minimum Gasteiger partial charge on any atom is -0.409 e. The molecule has 21 heavy (non-hydrogen) atoms. The van der Waals surface area contributed by atoms with E-state index in [9.17, 15) is 4.79 Å². The molecule has 0 aliphatic carbocycles. The van der Waals surface area contributed by atoms with Crippen LogP contribution in [0.3, 0.4) is 0 Å². The summed E-state index contributed by atoms with van der Waals surface area (Å²) >= 11 is 3.32. The fraction of sp³-hybridized carbons (Fsp3) is 0.429. The van der Waals surface area contributed by atoms with E-state index in [4.69, 9.17) is 15.7 Å². The van der Waals surface area contributed by atoms with Crippen LogP contribution in [0.1, 0.15) is 25.3 Å². The van der Waals surface area contributed by atoms with Crippen molar-refractivity contribution < 1.29 is 14.7 Å². The fourth-order valence-electron chi connectivity index (χ4n) is 2.47. The van der Waals surface area contributed by atoms with Gasteiger partial charge < -0.3 is 21.0 Å². The number of hydrogen-bond donors (Lipinski definition) is 3. The Balaban J connectivity index is 2.21. The second kappa shape index (κ2) is 6.91. The summed E-state index contributed by atoms with van der Waals surface area (Å²) in [6.07, 6.45) is 1.46. The Kier molecular flexibility index (Phi) is 5.19. The Morgan fingerprint density at radius 2 is 2.38 bits per heavy atom. The van der Waals surface area contributed by atoms with Crippen LogP contribution in [0.5, 0.6) is 0 Å². The number of anilines is 1. The summed E-state index contributed by atoms with van der Waals surface area (Å²) in [4.78, 5) is 12.4. The second-order valence-corrected chi connectivity index (χ2v) is 5.79. The molecule has 6 nitrogen and oxygen atoms in total. The third-order valence-corrected chi connectivity index (χ3v) is 4.07. The maximum atomic E-state index is 12.4. The molecule has 2 atom stereocenters. The van der Waals surface area contributed by atoms with Crippen LogP contribution in [-0.4, -0.2) is 29.7 Å². The fourth-order valence-corrected chi connectivity index (χ4v) is 2.83. The summed E-state index contributed by atoms with van der Waals surface area (Å²) in [5, 5.41) is 14.7. The van der Waals surface area contributed by atoms with E-state index in [1.165, 1.54) is 0 Å². The molecule has 0 saturated carbocycles. The molecule has 1 aromatic carbocycles. The summed E-state index contributed by atoms with van der Waals surface area (Å²) in [5.74, 6) is -0.325. The highest BCUT2D eigenvalue weighted by Gasteiger charge is 2.33. The van der Waals surface area contributed by atoms with Crippen LogP contribution in [0, 0.1) is 5.92 Å². The number of nitrogens with zero attached hydrogens (tertiary/aromatic N) is 1. The molecule has 1 heterocycles. The Bertz CT molecular complexity index is 562. The SMILES string of the molecule is CCC1OCCC1C(=O)Nc1ccc(Br)cc1/C(N)=N/O. The molecule has 0 radical (unpaired) electrons. The molecular weight excluding hydrogens is 338 g/mol. The predicted molar refractivity (Wildman–Crippen MR) is 83.4 cm³/mol. The van der Waals surface area contributed by atoms with Gasteiger partial charge in [-0.2, -0.15) is 0 Å². The first kappa shape index (κ1) is 15.8. The van der Waals surface area contributed by atoms with Crippen molar-refractivity contribution in [2.45, 2.75) is 25.9 Å². The highest BCUT2D eigenvalue weighted by molar-refractivity contribution is 9.10. The molecule has 114 valence electrons. The van der Waals surface area contributed by atoms with Gasteiger partial charge in [0.2, 0.25) is 5.91 Å². The van der Waals surface area contributed by atoms with Gasteiger partial charge in [0.25, 0.3) is 0 Å². The molecular formula is C14H18BrN3O3. The molecule has 0 spiro atoms. The first-order chi connectivity index (χ1) is 10.1. The number of nitrogens with one attached hydrogen (secondary N) is 1. The first-order valence-electron chi connectivity index (χ1n) is 6.76. The second-order valence-electron chi connectivity index (χ2n) is 4.88. The van der Waals surface area contributed by atoms with Crippen LogP contribution < -0.4 is 11.1 Å². The van der Waals surface area contributed by atoms with Crippen molar-refractivity contribution in [2.24, 2.45) is 16.8 Å². The molecule has 2 rings (SSSR count). The van der Waals surface area contributed by atoms with E-state index in [-0.39, 0.29) is 23.8 Å². The lowest BCUT2D eigenvalue weighted by molar-refractivity contribution is -0.121. The zero-order valence-electron chi connectivity index (χ0n) is 11.7. The predicted octanol–water partition coefficient (Wildman–Crippen LogP) is 2.30. The number of rotatable bonds is 4. The minimum absolute atomic E-state index is 0.0484. The van der Waals surface area contributed by atoms with Crippen LogP contribution in [-0.2, 0) is 9.53 Å². The van der Waals surface area contributed by atoms with Crippen LogP contribution in [0.25, 0.3) is 0 Å². The van der Waals surface area contributed by atoms with Crippen molar-refractivity contribution >= 4 is 33.4 Å². The van der Waals surface area contributed by atoms with E-state index in [1.54, 1.807) is 18.2 Å². The largest absolute Gasteiger partial charge is 0.409 e. The number of benzene rings is 1. The van der Waals surface area contributed by atoms with Crippen molar-refractivity contribution in [2.75, 3.05) is 11.9 Å². The smallest absolute Gasteiger partial charge is 0.230 e. The van der Waals surface area contributed by atoms with Crippen LogP contribution in [0.2, 0.25) is 0 Å². The number of ether oxygens (including phenoxy) is 1. The average molecular weight is 356 g/mol. The van der Waals surface area contributed by atoms with Gasteiger partial charge in [-0.15, -0.1) is 0 Å². The Labute approximate surface area is 131 Å². The molecule has 7 heteroatoms. The zero-order chi connectivity index (χ0) is 15.4.